The van der Waals surface area contributed by atoms with Crippen LogP contribution >= 0.6 is 15.6 Å². The van der Waals surface area contributed by atoms with Crippen molar-refractivity contribution in [3.8, 4) is 0 Å². The lowest BCUT2D eigenvalue weighted by molar-refractivity contribution is -0.161. The first kappa shape index (κ1) is 97.1. The Morgan fingerprint density at radius 3 is 0.768 bits per heavy atom. The normalized spacial score (nSPS) is 14.3. The Bertz CT molecular complexity index is 1920. The van der Waals surface area contributed by atoms with Crippen LogP contribution in [0.25, 0.3) is 0 Å². The molecule has 0 amide bonds. The summed E-state index contributed by atoms with van der Waals surface area (Å²) in [5, 5.41) is 10.6. The molecule has 0 aliphatic carbocycles. The van der Waals surface area contributed by atoms with Crippen molar-refractivity contribution in [2.24, 2.45) is 17.8 Å². The fourth-order valence-corrected chi connectivity index (χ4v) is 13.9. The molecule has 0 saturated heterocycles. The number of aliphatic hydroxyl groups is 1. The molecule has 0 bridgehead atoms. The summed E-state index contributed by atoms with van der Waals surface area (Å²) in [7, 11) is -9.92. The van der Waals surface area contributed by atoms with Gasteiger partial charge < -0.3 is 33.8 Å². The number of hydrogen-bond donors (Lipinski definition) is 3. The standard InChI is InChI=1S/C80H156O17P2/c1-8-10-11-12-13-14-15-16-17-21-24-33-40-47-54-61-77(82)90-67-75(96-79(84)63-56-49-42-35-25-22-19-18-20-23-30-37-44-51-58-71(3)4)69-94-98(86,87)92-65-74(81)66-93-99(88,89)95-70-76(68-91-78(83)62-55-48-41-34-28-26-31-38-45-52-59-72(5)6)97-80(85)64-57-50-43-36-29-27-32-39-46-53-60-73(7)9-2/h71-76,81H,8-70H2,1-7H3,(H,86,87)(H,88,89)/t73?,74-,75-,76-/m1/s1. The molecule has 588 valence electrons. The van der Waals surface area contributed by atoms with E-state index < -0.39 is 97.5 Å². The van der Waals surface area contributed by atoms with Gasteiger partial charge in [0, 0.05) is 25.7 Å². The van der Waals surface area contributed by atoms with E-state index in [-0.39, 0.29) is 25.7 Å². The Morgan fingerprint density at radius 2 is 0.515 bits per heavy atom. The molecule has 3 unspecified atom stereocenters. The van der Waals surface area contributed by atoms with E-state index in [0.717, 1.165) is 108 Å². The number of phosphoric acid groups is 2. The number of phosphoric ester groups is 2. The highest BCUT2D eigenvalue weighted by atomic mass is 31.2. The van der Waals surface area contributed by atoms with Crippen LogP contribution in [0.2, 0.25) is 0 Å². The SMILES string of the molecule is CCCCCCCCCCCCCCCCCC(=O)OC[C@H](COP(=O)(O)OC[C@@H](O)COP(=O)(O)OC[C@@H](COC(=O)CCCCCCCCCCCCC(C)C)OC(=O)CCCCCCCCCCCCC(C)CC)OC(=O)CCCCCCCCCCCCCCCCC(C)C. The summed E-state index contributed by atoms with van der Waals surface area (Å²) in [6.45, 7) is 12.0. The molecule has 99 heavy (non-hydrogen) atoms. The van der Waals surface area contributed by atoms with Crippen LogP contribution in [0.15, 0.2) is 0 Å². The Labute approximate surface area is 607 Å². The minimum absolute atomic E-state index is 0.106. The number of carbonyl (C=O) groups is 4. The number of esters is 4. The summed E-state index contributed by atoms with van der Waals surface area (Å²) in [6.07, 6.45) is 58.1. The number of ether oxygens (including phenoxy) is 4. The van der Waals surface area contributed by atoms with Crippen molar-refractivity contribution in [3.05, 3.63) is 0 Å². The molecule has 6 atom stereocenters. The van der Waals surface area contributed by atoms with Crippen LogP contribution in [-0.2, 0) is 65.4 Å². The molecule has 0 saturated carbocycles. The number of aliphatic hydroxyl groups excluding tert-OH is 1. The third-order valence-corrected chi connectivity index (χ3v) is 20.9. The quantitative estimate of drug-likeness (QED) is 0.0222. The van der Waals surface area contributed by atoms with Crippen LogP contribution in [0, 0.1) is 17.8 Å². The van der Waals surface area contributed by atoms with Crippen LogP contribution in [0.5, 0.6) is 0 Å². The van der Waals surface area contributed by atoms with E-state index in [1.807, 2.05) is 0 Å². The van der Waals surface area contributed by atoms with Gasteiger partial charge in [-0.3, -0.25) is 37.3 Å². The van der Waals surface area contributed by atoms with Crippen molar-refractivity contribution in [2.75, 3.05) is 39.6 Å². The van der Waals surface area contributed by atoms with Gasteiger partial charge in [-0.05, 0) is 43.4 Å². The Kier molecular flexibility index (Phi) is 69.0. The molecule has 0 aromatic carbocycles. The van der Waals surface area contributed by atoms with Gasteiger partial charge in [0.2, 0.25) is 0 Å². The van der Waals surface area contributed by atoms with E-state index in [2.05, 4.69) is 48.5 Å². The molecule has 0 rings (SSSR count). The van der Waals surface area contributed by atoms with E-state index >= 15 is 0 Å². The van der Waals surface area contributed by atoms with E-state index in [0.29, 0.717) is 25.7 Å². The fraction of sp³-hybridized carbons (Fsp3) is 0.950. The maximum Gasteiger partial charge on any atom is 0.472 e. The molecule has 17 nitrogen and oxygen atoms in total. The molecule has 0 fully saturated rings. The maximum atomic E-state index is 13.1. The summed E-state index contributed by atoms with van der Waals surface area (Å²) >= 11 is 0. The van der Waals surface area contributed by atoms with Crippen LogP contribution in [0.1, 0.15) is 414 Å². The highest BCUT2D eigenvalue weighted by Crippen LogP contribution is 2.45. The smallest absolute Gasteiger partial charge is 0.462 e. The van der Waals surface area contributed by atoms with Gasteiger partial charge in [-0.1, -0.05) is 363 Å². The van der Waals surface area contributed by atoms with Crippen molar-refractivity contribution in [1.29, 1.82) is 0 Å². The molecule has 0 radical (unpaired) electrons. The lowest BCUT2D eigenvalue weighted by Gasteiger charge is -2.21. The average molecular weight is 1450 g/mol. The predicted molar refractivity (Wildman–Crippen MR) is 405 cm³/mol. The Balaban J connectivity index is 5.28. The second-order valence-electron chi connectivity index (χ2n) is 30.0. The minimum Gasteiger partial charge on any atom is -0.462 e. The Hall–Kier alpha value is -1.94. The first-order valence-corrected chi connectivity index (χ1v) is 44.4. The van der Waals surface area contributed by atoms with Gasteiger partial charge in [0.15, 0.2) is 12.2 Å². The van der Waals surface area contributed by atoms with Crippen molar-refractivity contribution in [1.82, 2.24) is 0 Å². The van der Waals surface area contributed by atoms with E-state index in [1.54, 1.807) is 0 Å². The van der Waals surface area contributed by atoms with Gasteiger partial charge in [-0.2, -0.15) is 0 Å². The minimum atomic E-state index is -4.96. The molecule has 0 aromatic rings. The largest absolute Gasteiger partial charge is 0.472 e. The molecule has 0 heterocycles. The van der Waals surface area contributed by atoms with Gasteiger partial charge in [0.25, 0.3) is 0 Å². The summed E-state index contributed by atoms with van der Waals surface area (Å²) in [5.74, 6) is 0.246. The summed E-state index contributed by atoms with van der Waals surface area (Å²) in [4.78, 5) is 73.0. The van der Waals surface area contributed by atoms with Crippen LogP contribution < -0.4 is 0 Å². The zero-order chi connectivity index (χ0) is 73.0. The third-order valence-electron chi connectivity index (χ3n) is 19.0. The molecule has 0 aliphatic rings. The second kappa shape index (κ2) is 70.4. The second-order valence-corrected chi connectivity index (χ2v) is 32.9. The van der Waals surface area contributed by atoms with Gasteiger partial charge >= 0.3 is 39.5 Å². The number of hydrogen-bond acceptors (Lipinski definition) is 15. The highest BCUT2D eigenvalue weighted by molar-refractivity contribution is 7.47. The number of carbonyl (C=O) groups excluding carboxylic acids is 4. The highest BCUT2D eigenvalue weighted by Gasteiger charge is 2.30. The lowest BCUT2D eigenvalue weighted by Crippen LogP contribution is -2.30. The monoisotopic (exact) mass is 1450 g/mol. The summed E-state index contributed by atoms with van der Waals surface area (Å²) in [6, 6.07) is 0. The molecule has 3 N–H and O–H groups in total. The average Bonchev–Trinajstić information content (AvgIpc) is 0.965. The van der Waals surface area contributed by atoms with E-state index in [1.165, 1.54) is 225 Å². The first-order chi connectivity index (χ1) is 47.8. The van der Waals surface area contributed by atoms with Gasteiger partial charge in [0.05, 0.1) is 26.4 Å². The van der Waals surface area contributed by atoms with Crippen LogP contribution in [0.4, 0.5) is 0 Å². The molecule has 19 heteroatoms. The van der Waals surface area contributed by atoms with Gasteiger partial charge in [0.1, 0.15) is 19.3 Å². The lowest BCUT2D eigenvalue weighted by atomic mass is 9.99. The predicted octanol–water partition coefficient (Wildman–Crippen LogP) is 23.7. The molecular formula is C80H156O17P2. The zero-order valence-corrected chi connectivity index (χ0v) is 66.8. The number of rotatable bonds is 78. The first-order valence-electron chi connectivity index (χ1n) is 41.4. The van der Waals surface area contributed by atoms with Gasteiger partial charge in [-0.15, -0.1) is 0 Å². The molecule has 0 aliphatic heterocycles. The van der Waals surface area contributed by atoms with Gasteiger partial charge in [-0.25, -0.2) is 9.13 Å². The van der Waals surface area contributed by atoms with Crippen molar-refractivity contribution >= 4 is 39.5 Å². The van der Waals surface area contributed by atoms with Crippen molar-refractivity contribution < 1.29 is 80.2 Å². The molecular weight excluding hydrogens is 1290 g/mol. The molecule has 0 spiro atoms. The van der Waals surface area contributed by atoms with E-state index in [9.17, 15) is 43.2 Å². The maximum absolute atomic E-state index is 13.1. The summed E-state index contributed by atoms with van der Waals surface area (Å²) in [5.41, 5.74) is 0. The third kappa shape index (κ3) is 72.8. The number of unbranched alkanes of at least 4 members (excludes halogenated alkanes) is 45. The van der Waals surface area contributed by atoms with E-state index in [4.69, 9.17) is 37.0 Å². The topological polar surface area (TPSA) is 237 Å². The van der Waals surface area contributed by atoms with Crippen molar-refractivity contribution in [2.45, 2.75) is 433 Å². The van der Waals surface area contributed by atoms with Crippen molar-refractivity contribution in [3.63, 3.8) is 0 Å². The van der Waals surface area contributed by atoms with Crippen LogP contribution in [-0.4, -0.2) is 96.7 Å². The Morgan fingerprint density at radius 1 is 0.293 bits per heavy atom. The summed E-state index contributed by atoms with van der Waals surface area (Å²) < 4.78 is 68.7. The molecule has 0 aromatic heterocycles. The fourth-order valence-electron chi connectivity index (χ4n) is 12.3. The van der Waals surface area contributed by atoms with Crippen LogP contribution in [0.3, 0.4) is 0 Å². The zero-order valence-electron chi connectivity index (χ0n) is 65.0.